The number of benzene rings is 1. The third-order valence-electron chi connectivity index (χ3n) is 2.75. The van der Waals surface area contributed by atoms with Crippen LogP contribution in [-0.2, 0) is 4.79 Å². The highest BCUT2D eigenvalue weighted by molar-refractivity contribution is 6.53. The van der Waals surface area contributed by atoms with Crippen LogP contribution in [-0.4, -0.2) is 10.1 Å². The van der Waals surface area contributed by atoms with Crippen LogP contribution in [0.4, 0.5) is 4.39 Å². The monoisotopic (exact) mass is 291 g/mol. The number of alkyl halides is 2. The maximum atomic E-state index is 13.0. The van der Waals surface area contributed by atoms with Gasteiger partial charge in [-0.1, -0.05) is 17.7 Å². The molecule has 0 heterocycles. The summed E-state index contributed by atoms with van der Waals surface area (Å²) in [5.41, 5.74) is 0.551. The van der Waals surface area contributed by atoms with Gasteiger partial charge in [-0.3, -0.25) is 4.79 Å². The van der Waals surface area contributed by atoms with Crippen LogP contribution >= 0.6 is 34.8 Å². The first kappa shape index (κ1) is 12.6. The van der Waals surface area contributed by atoms with Crippen LogP contribution in [0.3, 0.4) is 0 Å². The van der Waals surface area contributed by atoms with Gasteiger partial charge in [0, 0.05) is 5.92 Å². The maximum absolute atomic E-state index is 13.0. The van der Waals surface area contributed by atoms with E-state index in [-0.39, 0.29) is 5.02 Å². The molecule has 2 rings (SSSR count). The molecular formula is C11H5Cl3FNO. The summed E-state index contributed by atoms with van der Waals surface area (Å²) in [6, 6.07) is 5.49. The zero-order chi connectivity index (χ0) is 12.8. The Morgan fingerprint density at radius 1 is 1.47 bits per heavy atom. The Labute approximate surface area is 112 Å². The Morgan fingerprint density at radius 3 is 2.65 bits per heavy atom. The fourth-order valence-corrected chi connectivity index (χ4v) is 2.86. The Morgan fingerprint density at radius 2 is 2.12 bits per heavy atom. The van der Waals surface area contributed by atoms with Gasteiger partial charge in [0.05, 0.1) is 10.9 Å². The number of rotatable bonds is 2. The Bertz CT molecular complexity index is 538. The van der Waals surface area contributed by atoms with E-state index >= 15 is 0 Å². The molecule has 1 saturated carbocycles. The summed E-state index contributed by atoms with van der Waals surface area (Å²) in [4.78, 5) is 11.3. The molecule has 1 aromatic carbocycles. The number of Topliss-reactive ketones (excluding diaryl/α,β-unsaturated/α-hetero) is 1. The Hall–Kier alpha value is -0.820. The highest BCUT2D eigenvalue weighted by Crippen LogP contribution is 2.65. The smallest absolute Gasteiger partial charge is 0.238 e. The van der Waals surface area contributed by atoms with Crippen LogP contribution < -0.4 is 0 Å². The fraction of sp³-hybridized carbons (Fsp3) is 0.273. The number of nitriles is 1. The van der Waals surface area contributed by atoms with Crippen molar-refractivity contribution in [3.8, 4) is 6.07 Å². The first-order valence-corrected chi connectivity index (χ1v) is 5.79. The molecule has 17 heavy (non-hydrogen) atoms. The lowest BCUT2D eigenvalue weighted by Crippen LogP contribution is -2.02. The second-order valence-corrected chi connectivity index (χ2v) is 5.63. The van der Waals surface area contributed by atoms with Crippen LogP contribution in [0, 0.1) is 23.1 Å². The van der Waals surface area contributed by atoms with Crippen molar-refractivity contribution < 1.29 is 9.18 Å². The molecule has 88 valence electrons. The third-order valence-corrected chi connectivity index (χ3v) is 3.98. The molecule has 1 aromatic rings. The number of hydrogen-bond donors (Lipinski definition) is 0. The first-order chi connectivity index (χ1) is 7.89. The minimum absolute atomic E-state index is 0.0679. The van der Waals surface area contributed by atoms with Gasteiger partial charge in [-0.15, -0.1) is 23.2 Å². The van der Waals surface area contributed by atoms with Gasteiger partial charge in [-0.25, -0.2) is 4.39 Å². The van der Waals surface area contributed by atoms with Gasteiger partial charge in [-0.2, -0.15) is 5.26 Å². The number of hydrogen-bond acceptors (Lipinski definition) is 2. The zero-order valence-electron chi connectivity index (χ0n) is 8.25. The quantitative estimate of drug-likeness (QED) is 0.619. The minimum Gasteiger partial charge on any atom is -0.282 e. The lowest BCUT2D eigenvalue weighted by molar-refractivity contribution is -0.115. The molecule has 0 aromatic heterocycles. The largest absolute Gasteiger partial charge is 0.282 e. The van der Waals surface area contributed by atoms with E-state index in [4.69, 9.17) is 40.1 Å². The molecule has 0 bridgehead atoms. The number of nitrogens with zero attached hydrogens (tertiary/aromatic N) is 1. The molecular weight excluding hydrogens is 287 g/mol. The third kappa shape index (κ3) is 2.01. The minimum atomic E-state index is -1.31. The van der Waals surface area contributed by atoms with Crippen molar-refractivity contribution in [3.63, 3.8) is 0 Å². The second-order valence-electron chi connectivity index (χ2n) is 3.78. The molecule has 0 aliphatic heterocycles. The molecule has 0 spiro atoms. The summed E-state index contributed by atoms with van der Waals surface area (Å²) in [5.74, 6) is -2.54. The molecule has 2 unspecified atom stereocenters. The molecule has 1 aliphatic rings. The normalized spacial score (nSPS) is 25.1. The number of carbonyl (C=O) groups excluding carboxylic acids is 1. The predicted molar refractivity (Wildman–Crippen MR) is 62.7 cm³/mol. The molecule has 0 amide bonds. The van der Waals surface area contributed by atoms with Crippen molar-refractivity contribution in [2.45, 2.75) is 10.3 Å². The molecule has 0 saturated heterocycles. The van der Waals surface area contributed by atoms with E-state index in [1.807, 2.05) is 0 Å². The zero-order valence-corrected chi connectivity index (χ0v) is 10.5. The van der Waals surface area contributed by atoms with Crippen LogP contribution in [0.15, 0.2) is 18.2 Å². The van der Waals surface area contributed by atoms with Gasteiger partial charge >= 0.3 is 0 Å². The van der Waals surface area contributed by atoms with Crippen molar-refractivity contribution in [1.82, 2.24) is 0 Å². The first-order valence-electron chi connectivity index (χ1n) is 4.66. The van der Waals surface area contributed by atoms with Crippen LogP contribution in [0.25, 0.3) is 0 Å². The number of carbonyl (C=O) groups is 1. The number of halogens is 4. The van der Waals surface area contributed by atoms with Gasteiger partial charge < -0.3 is 0 Å². The predicted octanol–water partition coefficient (Wildman–Crippen LogP) is 3.46. The van der Waals surface area contributed by atoms with E-state index in [1.165, 1.54) is 24.3 Å². The SMILES string of the molecule is N#CC(=O)C1C(c2ccc(F)c(Cl)c2)C1(Cl)Cl. The van der Waals surface area contributed by atoms with Crippen molar-refractivity contribution >= 4 is 40.6 Å². The summed E-state index contributed by atoms with van der Waals surface area (Å²) in [7, 11) is 0. The lowest BCUT2D eigenvalue weighted by atomic mass is 10.1. The highest BCUT2D eigenvalue weighted by atomic mass is 35.5. The second kappa shape index (κ2) is 4.13. The van der Waals surface area contributed by atoms with E-state index in [0.29, 0.717) is 5.56 Å². The van der Waals surface area contributed by atoms with Crippen molar-refractivity contribution in [2.24, 2.45) is 5.92 Å². The molecule has 0 N–H and O–H groups in total. The Balaban J connectivity index is 2.34. The van der Waals surface area contributed by atoms with E-state index in [0.717, 1.165) is 0 Å². The van der Waals surface area contributed by atoms with Crippen molar-refractivity contribution in [3.05, 3.63) is 34.6 Å². The number of ketones is 1. The average molecular weight is 293 g/mol. The lowest BCUT2D eigenvalue weighted by Gasteiger charge is -2.01. The topological polar surface area (TPSA) is 40.9 Å². The molecule has 6 heteroatoms. The summed E-state index contributed by atoms with van der Waals surface area (Å²) in [6.45, 7) is 0. The van der Waals surface area contributed by atoms with Crippen LogP contribution in [0.5, 0.6) is 0 Å². The van der Waals surface area contributed by atoms with E-state index in [9.17, 15) is 9.18 Å². The van der Waals surface area contributed by atoms with Gasteiger partial charge in [0.1, 0.15) is 16.2 Å². The van der Waals surface area contributed by atoms with Gasteiger partial charge in [0.2, 0.25) is 5.78 Å². The Kier molecular flexibility index (Phi) is 3.07. The van der Waals surface area contributed by atoms with Crippen molar-refractivity contribution in [1.29, 1.82) is 5.26 Å². The molecule has 2 atom stereocenters. The molecule has 2 nitrogen and oxygen atoms in total. The van der Waals surface area contributed by atoms with Crippen LogP contribution in [0.2, 0.25) is 5.02 Å². The van der Waals surface area contributed by atoms with Crippen molar-refractivity contribution in [2.75, 3.05) is 0 Å². The highest BCUT2D eigenvalue weighted by Gasteiger charge is 2.67. The van der Waals surface area contributed by atoms with E-state index < -0.39 is 27.8 Å². The molecule has 1 aliphatic carbocycles. The molecule has 1 fully saturated rings. The standard InChI is InChI=1S/C11H5Cl3FNO/c12-6-3-5(1-2-7(6)15)9-10(8(17)4-16)11(9,13)14/h1-3,9-10H. The fourth-order valence-electron chi connectivity index (χ4n) is 1.84. The van der Waals surface area contributed by atoms with Gasteiger partial charge in [0.25, 0.3) is 0 Å². The summed E-state index contributed by atoms with van der Waals surface area (Å²) in [5, 5.41) is 8.47. The summed E-state index contributed by atoms with van der Waals surface area (Å²) in [6.07, 6.45) is 0. The van der Waals surface area contributed by atoms with Gasteiger partial charge in [-0.05, 0) is 17.7 Å². The average Bonchev–Trinajstić information content (AvgIpc) is 2.84. The van der Waals surface area contributed by atoms with E-state index in [2.05, 4.69) is 0 Å². The summed E-state index contributed by atoms with van der Waals surface area (Å²) >= 11 is 17.5. The maximum Gasteiger partial charge on any atom is 0.238 e. The molecule has 0 radical (unpaired) electrons. The van der Waals surface area contributed by atoms with Crippen LogP contribution in [0.1, 0.15) is 11.5 Å². The van der Waals surface area contributed by atoms with Gasteiger partial charge in [0.15, 0.2) is 0 Å². The summed E-state index contributed by atoms with van der Waals surface area (Å²) < 4.78 is 11.7. The van der Waals surface area contributed by atoms with E-state index in [1.54, 1.807) is 0 Å².